The van der Waals surface area contributed by atoms with Crippen LogP contribution < -0.4 is 5.32 Å². The Hall–Kier alpha value is -0.120. The molecule has 0 aromatic rings. The first kappa shape index (κ1) is 14.9. The van der Waals surface area contributed by atoms with Crippen LogP contribution in [0.5, 0.6) is 0 Å². The summed E-state index contributed by atoms with van der Waals surface area (Å²) >= 11 is 0. The van der Waals surface area contributed by atoms with Crippen molar-refractivity contribution in [2.45, 2.75) is 52.1 Å². The van der Waals surface area contributed by atoms with E-state index in [-0.39, 0.29) is 0 Å². The predicted octanol–water partition coefficient (Wildman–Crippen LogP) is 1.86. The largest absolute Gasteiger partial charge is 0.390 e. The molecule has 3 heteroatoms. The number of aliphatic hydroxyl groups is 1. The first-order valence-electron chi connectivity index (χ1n) is 7.00. The van der Waals surface area contributed by atoms with Gasteiger partial charge < -0.3 is 15.3 Å². The van der Waals surface area contributed by atoms with Gasteiger partial charge in [-0.05, 0) is 38.6 Å². The average Bonchev–Trinajstić information content (AvgIpc) is 2.22. The van der Waals surface area contributed by atoms with E-state index >= 15 is 0 Å². The Kier molecular flexibility index (Phi) is 5.42. The van der Waals surface area contributed by atoms with Crippen LogP contribution in [0.4, 0.5) is 0 Å². The van der Waals surface area contributed by atoms with Crippen LogP contribution in [0.15, 0.2) is 0 Å². The smallest absolute Gasteiger partial charge is 0.0644 e. The van der Waals surface area contributed by atoms with Crippen molar-refractivity contribution in [2.24, 2.45) is 5.41 Å². The Bertz CT molecular complexity index is 212. The average molecular weight is 242 g/mol. The van der Waals surface area contributed by atoms with Gasteiger partial charge in [0.1, 0.15) is 0 Å². The van der Waals surface area contributed by atoms with Crippen LogP contribution in [0.2, 0.25) is 0 Å². The summed E-state index contributed by atoms with van der Waals surface area (Å²) in [6, 6.07) is 0. The minimum atomic E-state index is -0.430. The van der Waals surface area contributed by atoms with Crippen LogP contribution in [-0.2, 0) is 0 Å². The Morgan fingerprint density at radius 1 is 1.35 bits per heavy atom. The molecule has 3 nitrogen and oxygen atoms in total. The maximum Gasteiger partial charge on any atom is 0.0644 e. The van der Waals surface area contributed by atoms with Gasteiger partial charge in [0.05, 0.1) is 5.60 Å². The van der Waals surface area contributed by atoms with Gasteiger partial charge in [0.15, 0.2) is 0 Å². The molecule has 1 fully saturated rings. The lowest BCUT2D eigenvalue weighted by Gasteiger charge is -2.41. The first-order chi connectivity index (χ1) is 7.91. The van der Waals surface area contributed by atoms with E-state index in [1.165, 1.54) is 12.8 Å². The van der Waals surface area contributed by atoms with E-state index in [1.54, 1.807) is 0 Å². The molecule has 0 aliphatic carbocycles. The van der Waals surface area contributed by atoms with E-state index in [0.29, 0.717) is 5.41 Å². The highest BCUT2D eigenvalue weighted by Gasteiger charge is 2.31. The first-order valence-corrected chi connectivity index (χ1v) is 7.00. The molecule has 1 aliphatic rings. The van der Waals surface area contributed by atoms with Gasteiger partial charge in [-0.25, -0.2) is 0 Å². The molecule has 1 saturated heterocycles. The molecular weight excluding hydrogens is 212 g/mol. The van der Waals surface area contributed by atoms with Gasteiger partial charge in [0, 0.05) is 26.2 Å². The number of piperidine rings is 1. The van der Waals surface area contributed by atoms with E-state index in [1.807, 2.05) is 14.0 Å². The molecule has 2 N–H and O–H groups in total. The molecule has 0 radical (unpaired) electrons. The summed E-state index contributed by atoms with van der Waals surface area (Å²) in [7, 11) is 2.04. The Balaban J connectivity index is 2.46. The van der Waals surface area contributed by atoms with Gasteiger partial charge in [-0.3, -0.25) is 0 Å². The van der Waals surface area contributed by atoms with E-state index in [2.05, 4.69) is 24.1 Å². The fourth-order valence-corrected chi connectivity index (χ4v) is 2.99. The molecule has 1 heterocycles. The Labute approximate surface area is 107 Å². The van der Waals surface area contributed by atoms with Gasteiger partial charge in [-0.1, -0.05) is 20.3 Å². The molecule has 102 valence electrons. The van der Waals surface area contributed by atoms with E-state index in [0.717, 1.165) is 39.0 Å². The molecular formula is C14H30N2O. The summed E-state index contributed by atoms with van der Waals surface area (Å²) in [5, 5.41) is 13.3. The lowest BCUT2D eigenvalue weighted by Crippen LogP contribution is -2.48. The number of rotatable bonds is 6. The molecule has 0 amide bonds. The second-order valence-corrected chi connectivity index (χ2v) is 6.36. The van der Waals surface area contributed by atoms with Crippen molar-refractivity contribution in [3.8, 4) is 0 Å². The number of nitrogens with zero attached hydrogens (tertiary/aromatic N) is 1. The van der Waals surface area contributed by atoms with Crippen LogP contribution in [0.3, 0.4) is 0 Å². The van der Waals surface area contributed by atoms with Crippen molar-refractivity contribution in [1.29, 1.82) is 0 Å². The third kappa shape index (κ3) is 4.94. The van der Waals surface area contributed by atoms with Crippen molar-refractivity contribution in [1.82, 2.24) is 10.2 Å². The van der Waals surface area contributed by atoms with Crippen molar-refractivity contribution in [3.05, 3.63) is 0 Å². The highest BCUT2D eigenvalue weighted by molar-refractivity contribution is 4.86. The number of nitrogens with one attached hydrogen (secondary N) is 1. The highest BCUT2D eigenvalue weighted by Crippen LogP contribution is 2.27. The van der Waals surface area contributed by atoms with Crippen molar-refractivity contribution in [3.63, 3.8) is 0 Å². The van der Waals surface area contributed by atoms with Crippen LogP contribution in [0, 0.1) is 5.41 Å². The zero-order valence-corrected chi connectivity index (χ0v) is 12.1. The SMILES string of the molecule is CCCC(C)(CNC)CN1CCC(C)(O)CC1. The lowest BCUT2D eigenvalue weighted by atomic mass is 9.83. The molecule has 1 unspecified atom stereocenters. The van der Waals surface area contributed by atoms with Crippen molar-refractivity contribution < 1.29 is 5.11 Å². The summed E-state index contributed by atoms with van der Waals surface area (Å²) in [4.78, 5) is 2.52. The van der Waals surface area contributed by atoms with Crippen molar-refractivity contribution >= 4 is 0 Å². The van der Waals surface area contributed by atoms with Gasteiger partial charge in [0.25, 0.3) is 0 Å². The normalized spacial score (nSPS) is 24.5. The monoisotopic (exact) mass is 242 g/mol. The standard InChI is InChI=1S/C14H30N2O/c1-5-6-13(2,11-15-4)12-16-9-7-14(3,17)8-10-16/h15,17H,5-12H2,1-4H3. The molecule has 0 bridgehead atoms. The van der Waals surface area contributed by atoms with Crippen LogP contribution in [0.1, 0.15) is 46.5 Å². The van der Waals surface area contributed by atoms with Crippen LogP contribution in [-0.4, -0.2) is 48.8 Å². The second-order valence-electron chi connectivity index (χ2n) is 6.36. The van der Waals surface area contributed by atoms with Gasteiger partial charge in [0.2, 0.25) is 0 Å². The molecule has 0 aromatic heterocycles. The maximum absolute atomic E-state index is 9.96. The predicted molar refractivity (Wildman–Crippen MR) is 73.2 cm³/mol. The second kappa shape index (κ2) is 6.17. The van der Waals surface area contributed by atoms with Crippen LogP contribution >= 0.6 is 0 Å². The van der Waals surface area contributed by atoms with E-state index < -0.39 is 5.60 Å². The van der Waals surface area contributed by atoms with Gasteiger partial charge >= 0.3 is 0 Å². The fourth-order valence-electron chi connectivity index (χ4n) is 2.99. The van der Waals surface area contributed by atoms with E-state index in [4.69, 9.17) is 0 Å². The summed E-state index contributed by atoms with van der Waals surface area (Å²) in [6.45, 7) is 10.9. The minimum absolute atomic E-state index is 0.368. The third-order valence-corrected chi connectivity index (χ3v) is 4.00. The molecule has 17 heavy (non-hydrogen) atoms. The molecule has 1 rings (SSSR count). The maximum atomic E-state index is 9.96. The lowest BCUT2D eigenvalue weighted by molar-refractivity contribution is -0.0152. The topological polar surface area (TPSA) is 35.5 Å². The molecule has 1 aliphatic heterocycles. The van der Waals surface area contributed by atoms with Gasteiger partial charge in [-0.15, -0.1) is 0 Å². The summed E-state index contributed by atoms with van der Waals surface area (Å²) in [5.74, 6) is 0. The number of hydrogen-bond acceptors (Lipinski definition) is 3. The Morgan fingerprint density at radius 3 is 2.41 bits per heavy atom. The summed E-state index contributed by atoms with van der Waals surface area (Å²) in [5.41, 5.74) is -0.0621. The molecule has 0 aromatic carbocycles. The van der Waals surface area contributed by atoms with Crippen LogP contribution in [0.25, 0.3) is 0 Å². The quantitative estimate of drug-likeness (QED) is 0.746. The third-order valence-electron chi connectivity index (χ3n) is 4.00. The van der Waals surface area contributed by atoms with Gasteiger partial charge in [-0.2, -0.15) is 0 Å². The summed E-state index contributed by atoms with van der Waals surface area (Å²) in [6.07, 6.45) is 4.33. The number of likely N-dealkylation sites (tertiary alicyclic amines) is 1. The highest BCUT2D eigenvalue weighted by atomic mass is 16.3. The van der Waals surface area contributed by atoms with E-state index in [9.17, 15) is 5.11 Å². The zero-order valence-electron chi connectivity index (χ0n) is 12.1. The van der Waals surface area contributed by atoms with Crippen molar-refractivity contribution in [2.75, 3.05) is 33.2 Å². The summed E-state index contributed by atoms with van der Waals surface area (Å²) < 4.78 is 0. The molecule has 0 saturated carbocycles. The molecule has 0 spiro atoms. The minimum Gasteiger partial charge on any atom is -0.390 e. The Morgan fingerprint density at radius 2 is 1.94 bits per heavy atom. The fraction of sp³-hybridized carbons (Fsp3) is 1.00. The zero-order chi connectivity index (χ0) is 12.9. The molecule has 1 atom stereocenters. The number of hydrogen-bond donors (Lipinski definition) is 2.